The summed E-state index contributed by atoms with van der Waals surface area (Å²) in [5.41, 5.74) is 3.10. The number of aromatic nitrogens is 2. The number of amides is 1. The zero-order chi connectivity index (χ0) is 23.2. The van der Waals surface area contributed by atoms with Crippen LogP contribution in [0.4, 0.5) is 0 Å². The summed E-state index contributed by atoms with van der Waals surface area (Å²) < 4.78 is 16.1. The number of hydrogen-bond donors (Lipinski definition) is 1. The summed E-state index contributed by atoms with van der Waals surface area (Å²) in [4.78, 5) is 19.5. The number of carbonyl (C=O) groups excluding carboxylic acids is 1. The minimum absolute atomic E-state index is 0.0440. The first-order valence-electron chi connectivity index (χ1n) is 11.2. The number of aryl methyl sites for hydroxylation is 1. The van der Waals surface area contributed by atoms with Crippen molar-refractivity contribution in [1.29, 1.82) is 0 Å². The molecule has 1 aromatic heterocycles. The van der Waals surface area contributed by atoms with E-state index in [2.05, 4.69) is 39.4 Å². The third-order valence-corrected chi connectivity index (χ3v) is 5.93. The van der Waals surface area contributed by atoms with Crippen molar-refractivity contribution in [2.75, 3.05) is 27.3 Å². The standard InChI is InChI=1S/C25H30N4O4/c1-17-6-8-18(9-7-17)14-26-25(30)20-5-4-12-29(15-20)16-23-27-24(28-33-23)19-10-11-21(31-2)22(13-19)32-3/h6-11,13,20H,4-5,12,14-16H2,1-3H3,(H,26,30)/t20-/m0/s1. The molecule has 1 aliphatic heterocycles. The highest BCUT2D eigenvalue weighted by atomic mass is 16.5. The maximum Gasteiger partial charge on any atom is 0.241 e. The quantitative estimate of drug-likeness (QED) is 0.561. The first kappa shape index (κ1) is 22.8. The Labute approximate surface area is 193 Å². The van der Waals surface area contributed by atoms with Gasteiger partial charge in [0.1, 0.15) is 0 Å². The predicted molar refractivity (Wildman–Crippen MR) is 124 cm³/mol. The molecule has 0 unspecified atom stereocenters. The van der Waals surface area contributed by atoms with Gasteiger partial charge in [-0.15, -0.1) is 0 Å². The second-order valence-corrected chi connectivity index (χ2v) is 8.36. The normalized spacial score (nSPS) is 16.4. The van der Waals surface area contributed by atoms with Gasteiger partial charge in [-0.1, -0.05) is 35.0 Å². The van der Waals surface area contributed by atoms with Crippen molar-refractivity contribution >= 4 is 5.91 Å². The molecule has 0 saturated carbocycles. The third kappa shape index (κ3) is 5.70. The fourth-order valence-corrected chi connectivity index (χ4v) is 4.06. The highest BCUT2D eigenvalue weighted by Crippen LogP contribution is 2.31. The van der Waals surface area contributed by atoms with Crippen LogP contribution in [0, 0.1) is 12.8 Å². The van der Waals surface area contributed by atoms with Gasteiger partial charge >= 0.3 is 0 Å². The van der Waals surface area contributed by atoms with Gasteiger partial charge in [0.15, 0.2) is 11.5 Å². The minimum atomic E-state index is -0.0440. The van der Waals surface area contributed by atoms with Crippen LogP contribution in [0.1, 0.15) is 29.9 Å². The lowest BCUT2D eigenvalue weighted by molar-refractivity contribution is -0.127. The molecule has 0 aliphatic carbocycles. The number of likely N-dealkylation sites (tertiary alicyclic amines) is 1. The number of nitrogens with one attached hydrogen (secondary N) is 1. The molecule has 33 heavy (non-hydrogen) atoms. The summed E-state index contributed by atoms with van der Waals surface area (Å²) in [6.45, 7) is 4.69. The number of carbonyl (C=O) groups is 1. The number of methoxy groups -OCH3 is 2. The average Bonchev–Trinajstić information content (AvgIpc) is 3.31. The SMILES string of the molecule is COc1ccc(-c2noc(CN3CCC[C@H](C(=O)NCc4ccc(C)cc4)C3)n2)cc1OC. The van der Waals surface area contributed by atoms with Crippen LogP contribution in [-0.2, 0) is 17.9 Å². The van der Waals surface area contributed by atoms with E-state index in [0.717, 1.165) is 30.5 Å². The van der Waals surface area contributed by atoms with Crippen molar-refractivity contribution in [3.05, 3.63) is 59.5 Å². The van der Waals surface area contributed by atoms with Gasteiger partial charge in [0.05, 0.1) is 26.7 Å². The molecule has 8 nitrogen and oxygen atoms in total. The molecule has 4 rings (SSSR count). The number of rotatable bonds is 8. The van der Waals surface area contributed by atoms with Gasteiger partial charge in [0.2, 0.25) is 17.6 Å². The van der Waals surface area contributed by atoms with E-state index in [1.165, 1.54) is 5.56 Å². The Morgan fingerprint density at radius 2 is 1.94 bits per heavy atom. The number of ether oxygens (including phenoxy) is 2. The summed E-state index contributed by atoms with van der Waals surface area (Å²) in [5, 5.41) is 7.20. The van der Waals surface area contributed by atoms with Crippen molar-refractivity contribution < 1.29 is 18.8 Å². The van der Waals surface area contributed by atoms with Crippen LogP contribution in [0.2, 0.25) is 0 Å². The van der Waals surface area contributed by atoms with Crippen LogP contribution in [-0.4, -0.2) is 48.3 Å². The third-order valence-electron chi connectivity index (χ3n) is 5.93. The molecular formula is C25H30N4O4. The van der Waals surface area contributed by atoms with Gasteiger partial charge in [-0.3, -0.25) is 9.69 Å². The molecule has 1 atom stereocenters. The van der Waals surface area contributed by atoms with Gasteiger partial charge in [-0.2, -0.15) is 4.98 Å². The molecule has 3 aromatic rings. The molecule has 8 heteroatoms. The highest BCUT2D eigenvalue weighted by Gasteiger charge is 2.27. The lowest BCUT2D eigenvalue weighted by Crippen LogP contribution is -2.42. The van der Waals surface area contributed by atoms with E-state index in [1.54, 1.807) is 14.2 Å². The Hall–Kier alpha value is -3.39. The van der Waals surface area contributed by atoms with Crippen molar-refractivity contribution in [2.45, 2.75) is 32.9 Å². The molecule has 2 aromatic carbocycles. The molecular weight excluding hydrogens is 420 g/mol. The summed E-state index contributed by atoms with van der Waals surface area (Å²) in [5.74, 6) is 2.33. The van der Waals surface area contributed by atoms with Gasteiger partial charge in [0, 0.05) is 18.7 Å². The van der Waals surface area contributed by atoms with Crippen LogP contribution < -0.4 is 14.8 Å². The minimum Gasteiger partial charge on any atom is -0.493 e. The number of benzene rings is 2. The van der Waals surface area contributed by atoms with Crippen LogP contribution in [0.3, 0.4) is 0 Å². The lowest BCUT2D eigenvalue weighted by atomic mass is 9.97. The van der Waals surface area contributed by atoms with Crippen molar-refractivity contribution in [3.8, 4) is 22.9 Å². The molecule has 1 N–H and O–H groups in total. The Kier molecular flexibility index (Phi) is 7.24. The Balaban J connectivity index is 1.33. The van der Waals surface area contributed by atoms with E-state index in [-0.39, 0.29) is 11.8 Å². The van der Waals surface area contributed by atoms with Crippen LogP contribution in [0.15, 0.2) is 47.0 Å². The summed E-state index contributed by atoms with van der Waals surface area (Å²) in [7, 11) is 3.19. The topological polar surface area (TPSA) is 89.7 Å². The average molecular weight is 451 g/mol. The molecule has 1 fully saturated rings. The molecule has 0 radical (unpaired) electrons. The van der Waals surface area contributed by atoms with Gasteiger partial charge in [-0.05, 0) is 50.1 Å². The maximum atomic E-state index is 12.7. The molecule has 0 bridgehead atoms. The van der Waals surface area contributed by atoms with Crippen LogP contribution in [0.25, 0.3) is 11.4 Å². The first-order valence-corrected chi connectivity index (χ1v) is 11.2. The second kappa shape index (κ2) is 10.5. The molecule has 174 valence electrons. The van der Waals surface area contributed by atoms with Gasteiger partial charge in [0.25, 0.3) is 0 Å². The van der Waals surface area contributed by atoms with Gasteiger partial charge in [-0.25, -0.2) is 0 Å². The largest absolute Gasteiger partial charge is 0.493 e. The first-order chi connectivity index (χ1) is 16.1. The smallest absolute Gasteiger partial charge is 0.241 e. The van der Waals surface area contributed by atoms with E-state index >= 15 is 0 Å². The zero-order valence-electron chi connectivity index (χ0n) is 19.3. The van der Waals surface area contributed by atoms with Crippen molar-refractivity contribution in [3.63, 3.8) is 0 Å². The fourth-order valence-electron chi connectivity index (χ4n) is 4.06. The molecule has 1 amide bonds. The van der Waals surface area contributed by atoms with E-state index < -0.39 is 0 Å². The number of piperidine rings is 1. The monoisotopic (exact) mass is 450 g/mol. The Morgan fingerprint density at radius 3 is 2.70 bits per heavy atom. The van der Waals surface area contributed by atoms with E-state index in [1.807, 2.05) is 30.3 Å². The summed E-state index contributed by atoms with van der Waals surface area (Å²) >= 11 is 0. The van der Waals surface area contributed by atoms with Gasteiger partial charge < -0.3 is 19.3 Å². The van der Waals surface area contributed by atoms with Crippen molar-refractivity contribution in [1.82, 2.24) is 20.4 Å². The fraction of sp³-hybridized carbons (Fsp3) is 0.400. The zero-order valence-corrected chi connectivity index (χ0v) is 19.3. The summed E-state index contributed by atoms with van der Waals surface area (Å²) in [6.07, 6.45) is 1.84. The van der Waals surface area contributed by atoms with E-state index in [9.17, 15) is 4.79 Å². The van der Waals surface area contributed by atoms with Crippen LogP contribution in [0.5, 0.6) is 11.5 Å². The lowest BCUT2D eigenvalue weighted by Gasteiger charge is -2.30. The van der Waals surface area contributed by atoms with Crippen molar-refractivity contribution in [2.24, 2.45) is 5.92 Å². The molecule has 2 heterocycles. The second-order valence-electron chi connectivity index (χ2n) is 8.36. The van der Waals surface area contributed by atoms with Crippen LogP contribution >= 0.6 is 0 Å². The maximum absolute atomic E-state index is 12.7. The predicted octanol–water partition coefficient (Wildman–Crippen LogP) is 3.59. The molecule has 1 aliphatic rings. The van der Waals surface area contributed by atoms with E-state index in [0.29, 0.717) is 42.8 Å². The summed E-state index contributed by atoms with van der Waals surface area (Å²) in [6, 6.07) is 13.7. The number of hydrogen-bond acceptors (Lipinski definition) is 7. The number of nitrogens with zero attached hydrogens (tertiary/aromatic N) is 3. The van der Waals surface area contributed by atoms with E-state index in [4.69, 9.17) is 14.0 Å². The highest BCUT2D eigenvalue weighted by molar-refractivity contribution is 5.79. The molecule has 0 spiro atoms. The Morgan fingerprint density at radius 1 is 1.15 bits per heavy atom. The Bertz CT molecular complexity index is 1080. The molecule has 1 saturated heterocycles.